The molecule has 0 fully saturated rings. The van der Waals surface area contributed by atoms with Crippen molar-refractivity contribution in [3.63, 3.8) is 0 Å². The normalized spacial score (nSPS) is 12.7. The second kappa shape index (κ2) is 9.69. The summed E-state index contributed by atoms with van der Waals surface area (Å²) in [4.78, 5) is 4.40. The van der Waals surface area contributed by atoms with Gasteiger partial charge >= 0.3 is 0 Å². The van der Waals surface area contributed by atoms with E-state index in [0.29, 0.717) is 19.1 Å². The molecule has 114 valence electrons. The number of anilines is 1. The molecule has 0 spiro atoms. The Morgan fingerprint density at radius 3 is 2.55 bits per heavy atom. The number of hydrogen-bond donors (Lipinski definition) is 2. The molecule has 0 aromatic carbocycles. The zero-order chi connectivity index (χ0) is 14.8. The van der Waals surface area contributed by atoms with E-state index < -0.39 is 0 Å². The van der Waals surface area contributed by atoms with Gasteiger partial charge in [0.25, 0.3) is 0 Å². The number of methoxy groups -OCH3 is 2. The monoisotopic (exact) mass is 281 g/mol. The molecule has 20 heavy (non-hydrogen) atoms. The summed E-state index contributed by atoms with van der Waals surface area (Å²) in [5.41, 5.74) is 1.19. The highest BCUT2D eigenvalue weighted by molar-refractivity contribution is 5.35. The van der Waals surface area contributed by atoms with Crippen molar-refractivity contribution >= 4 is 5.82 Å². The number of aromatic nitrogens is 1. The molecule has 2 N–H and O–H groups in total. The Morgan fingerprint density at radius 1 is 1.20 bits per heavy atom. The van der Waals surface area contributed by atoms with Crippen molar-refractivity contribution in [2.45, 2.75) is 26.5 Å². The van der Waals surface area contributed by atoms with Crippen molar-refractivity contribution in [2.75, 3.05) is 39.2 Å². The second-order valence-electron chi connectivity index (χ2n) is 5.27. The van der Waals surface area contributed by atoms with Gasteiger partial charge in [-0.25, -0.2) is 4.98 Å². The molecule has 0 amide bonds. The first-order valence-corrected chi connectivity index (χ1v) is 7.07. The summed E-state index contributed by atoms with van der Waals surface area (Å²) in [6, 6.07) is 4.08. The Labute approximate surface area is 122 Å². The second-order valence-corrected chi connectivity index (χ2v) is 5.27. The summed E-state index contributed by atoms with van der Waals surface area (Å²) >= 11 is 0. The van der Waals surface area contributed by atoms with Gasteiger partial charge in [-0.1, -0.05) is 19.9 Å². The van der Waals surface area contributed by atoms with Crippen LogP contribution in [0.2, 0.25) is 0 Å². The topological polar surface area (TPSA) is 55.4 Å². The molecular weight excluding hydrogens is 254 g/mol. The van der Waals surface area contributed by atoms with Crippen molar-refractivity contribution in [3.8, 4) is 0 Å². The van der Waals surface area contributed by atoms with Gasteiger partial charge in [-0.05, 0) is 24.1 Å². The maximum absolute atomic E-state index is 5.29. The van der Waals surface area contributed by atoms with Crippen LogP contribution >= 0.6 is 0 Å². The van der Waals surface area contributed by atoms with E-state index in [1.807, 2.05) is 12.3 Å². The van der Waals surface area contributed by atoms with Crippen LogP contribution in [0.1, 0.15) is 19.4 Å². The Balaban J connectivity index is 2.34. The molecule has 1 aromatic rings. The maximum atomic E-state index is 5.29. The van der Waals surface area contributed by atoms with E-state index in [2.05, 4.69) is 35.5 Å². The van der Waals surface area contributed by atoms with Crippen LogP contribution in [0.25, 0.3) is 0 Å². The zero-order valence-electron chi connectivity index (χ0n) is 13.0. The largest absolute Gasteiger partial charge is 0.382 e. The third-order valence-corrected chi connectivity index (χ3v) is 2.90. The van der Waals surface area contributed by atoms with Crippen LogP contribution < -0.4 is 10.6 Å². The molecule has 0 aliphatic carbocycles. The standard InChI is InChI=1S/C15H27N3O2/c1-12(2)7-16-8-13-5-6-15(17-9-13)18-10-14(20-4)11-19-3/h5-6,9,12,14,16H,7-8,10-11H2,1-4H3,(H,17,18). The average molecular weight is 281 g/mol. The molecule has 1 aromatic heterocycles. The van der Waals surface area contributed by atoms with Gasteiger partial charge in [0.1, 0.15) is 5.82 Å². The van der Waals surface area contributed by atoms with Crippen LogP contribution in [0, 0.1) is 5.92 Å². The molecule has 1 unspecified atom stereocenters. The van der Waals surface area contributed by atoms with Crippen molar-refractivity contribution in [1.82, 2.24) is 10.3 Å². The van der Waals surface area contributed by atoms with Gasteiger partial charge in [-0.3, -0.25) is 0 Å². The van der Waals surface area contributed by atoms with Crippen LogP contribution in [0.5, 0.6) is 0 Å². The van der Waals surface area contributed by atoms with Gasteiger partial charge in [0.15, 0.2) is 0 Å². The van der Waals surface area contributed by atoms with E-state index in [1.165, 1.54) is 5.56 Å². The predicted octanol–water partition coefficient (Wildman–Crippen LogP) is 1.90. The summed E-state index contributed by atoms with van der Waals surface area (Å²) in [7, 11) is 3.35. The zero-order valence-corrected chi connectivity index (χ0v) is 13.0. The molecule has 1 atom stereocenters. The Hall–Kier alpha value is -1.17. The predicted molar refractivity (Wildman–Crippen MR) is 81.9 cm³/mol. The van der Waals surface area contributed by atoms with Gasteiger partial charge in [0.05, 0.1) is 12.7 Å². The molecule has 0 aliphatic rings. The van der Waals surface area contributed by atoms with Crippen LogP contribution in [-0.2, 0) is 16.0 Å². The summed E-state index contributed by atoms with van der Waals surface area (Å²) in [6.45, 7) is 7.53. The van der Waals surface area contributed by atoms with E-state index in [-0.39, 0.29) is 6.10 Å². The highest BCUT2D eigenvalue weighted by atomic mass is 16.5. The SMILES string of the molecule is COCC(CNc1ccc(CNCC(C)C)cn1)OC. The first-order valence-electron chi connectivity index (χ1n) is 7.07. The minimum Gasteiger partial charge on any atom is -0.382 e. The lowest BCUT2D eigenvalue weighted by atomic mass is 10.2. The average Bonchev–Trinajstić information content (AvgIpc) is 2.44. The first kappa shape index (κ1) is 16.9. The Kier molecular flexibility index (Phi) is 8.18. The lowest BCUT2D eigenvalue weighted by Crippen LogP contribution is -2.26. The van der Waals surface area contributed by atoms with E-state index in [0.717, 1.165) is 18.9 Å². The fourth-order valence-corrected chi connectivity index (χ4v) is 1.75. The Bertz CT molecular complexity index is 355. The number of ether oxygens (including phenoxy) is 2. The summed E-state index contributed by atoms with van der Waals surface area (Å²) < 4.78 is 10.4. The van der Waals surface area contributed by atoms with E-state index in [1.54, 1.807) is 14.2 Å². The maximum Gasteiger partial charge on any atom is 0.125 e. The lowest BCUT2D eigenvalue weighted by molar-refractivity contribution is 0.0365. The minimum atomic E-state index is 0.0363. The summed E-state index contributed by atoms with van der Waals surface area (Å²) in [5, 5.41) is 6.65. The quantitative estimate of drug-likeness (QED) is 0.686. The summed E-state index contributed by atoms with van der Waals surface area (Å²) in [6.07, 6.45) is 1.93. The molecule has 1 rings (SSSR count). The summed E-state index contributed by atoms with van der Waals surface area (Å²) in [5.74, 6) is 1.52. The fraction of sp³-hybridized carbons (Fsp3) is 0.667. The van der Waals surface area contributed by atoms with Gasteiger partial charge < -0.3 is 20.1 Å². The molecular formula is C15H27N3O2. The molecule has 0 aliphatic heterocycles. The third-order valence-electron chi connectivity index (χ3n) is 2.90. The number of pyridine rings is 1. The number of nitrogens with one attached hydrogen (secondary N) is 2. The lowest BCUT2D eigenvalue weighted by Gasteiger charge is -2.15. The van der Waals surface area contributed by atoms with Crippen LogP contribution in [0.15, 0.2) is 18.3 Å². The smallest absolute Gasteiger partial charge is 0.125 e. The van der Waals surface area contributed by atoms with Crippen molar-refractivity contribution in [2.24, 2.45) is 5.92 Å². The van der Waals surface area contributed by atoms with Crippen molar-refractivity contribution in [1.29, 1.82) is 0 Å². The molecule has 0 saturated carbocycles. The van der Waals surface area contributed by atoms with Crippen LogP contribution in [0.4, 0.5) is 5.82 Å². The molecule has 5 nitrogen and oxygen atoms in total. The van der Waals surface area contributed by atoms with Gasteiger partial charge in [0, 0.05) is 33.5 Å². The molecule has 1 heterocycles. The van der Waals surface area contributed by atoms with Crippen molar-refractivity contribution < 1.29 is 9.47 Å². The van der Waals surface area contributed by atoms with Crippen LogP contribution in [-0.4, -0.2) is 45.0 Å². The highest BCUT2D eigenvalue weighted by Gasteiger charge is 2.06. The fourth-order valence-electron chi connectivity index (χ4n) is 1.75. The first-order chi connectivity index (χ1) is 9.65. The van der Waals surface area contributed by atoms with E-state index >= 15 is 0 Å². The minimum absolute atomic E-state index is 0.0363. The third kappa shape index (κ3) is 6.84. The van der Waals surface area contributed by atoms with E-state index in [9.17, 15) is 0 Å². The van der Waals surface area contributed by atoms with Gasteiger partial charge in [-0.2, -0.15) is 0 Å². The van der Waals surface area contributed by atoms with E-state index in [4.69, 9.17) is 9.47 Å². The molecule has 5 heteroatoms. The molecule has 0 saturated heterocycles. The molecule has 0 bridgehead atoms. The number of rotatable bonds is 10. The molecule has 0 radical (unpaired) electrons. The van der Waals surface area contributed by atoms with Crippen LogP contribution in [0.3, 0.4) is 0 Å². The number of hydrogen-bond acceptors (Lipinski definition) is 5. The number of nitrogens with zero attached hydrogens (tertiary/aromatic N) is 1. The van der Waals surface area contributed by atoms with Crippen molar-refractivity contribution in [3.05, 3.63) is 23.9 Å². The van der Waals surface area contributed by atoms with Gasteiger partial charge in [-0.15, -0.1) is 0 Å². The van der Waals surface area contributed by atoms with Gasteiger partial charge in [0.2, 0.25) is 0 Å². The Morgan fingerprint density at radius 2 is 2.00 bits per heavy atom. The highest BCUT2D eigenvalue weighted by Crippen LogP contribution is 2.06.